The first-order valence-electron chi connectivity index (χ1n) is 10.00. The Kier molecular flexibility index (Phi) is 6.33. The topological polar surface area (TPSA) is 110 Å². The number of amides is 1. The lowest BCUT2D eigenvalue weighted by molar-refractivity contribution is -0.388. The first kappa shape index (κ1) is 24.4. The van der Waals surface area contributed by atoms with Crippen LogP contribution in [0.1, 0.15) is 24.0 Å². The van der Waals surface area contributed by atoms with Crippen molar-refractivity contribution in [2.75, 3.05) is 18.0 Å². The molecule has 2 aromatic carbocycles. The van der Waals surface area contributed by atoms with Crippen molar-refractivity contribution >= 4 is 43.4 Å². The zero-order chi connectivity index (χ0) is 24.8. The predicted molar refractivity (Wildman–Crippen MR) is 117 cm³/mol. The fourth-order valence-corrected chi connectivity index (χ4v) is 6.11. The summed E-state index contributed by atoms with van der Waals surface area (Å²) in [6.45, 7) is -0.0590. The number of hydrogen-bond donors (Lipinski definition) is 0. The molecule has 0 atom stereocenters. The summed E-state index contributed by atoms with van der Waals surface area (Å²) in [6.07, 6.45) is -5.01. The van der Waals surface area contributed by atoms with Crippen LogP contribution in [-0.2, 0) is 27.5 Å². The molecule has 9 nitrogen and oxygen atoms in total. The van der Waals surface area contributed by atoms with Crippen LogP contribution < -0.4 is 4.90 Å². The van der Waals surface area contributed by atoms with Crippen LogP contribution in [0.2, 0.25) is 0 Å². The van der Waals surface area contributed by atoms with Gasteiger partial charge in [0.2, 0.25) is 10.0 Å². The van der Waals surface area contributed by atoms with E-state index in [-0.39, 0.29) is 44.6 Å². The summed E-state index contributed by atoms with van der Waals surface area (Å²) in [5.41, 5.74) is -1.02. The molecule has 1 saturated heterocycles. The minimum absolute atomic E-state index is 0.0825. The monoisotopic (exact) mass is 563 g/mol. The Hall–Kier alpha value is -2.71. The molecule has 0 spiro atoms. The summed E-state index contributed by atoms with van der Waals surface area (Å²) in [7, 11) is -4.45. The molecule has 182 valence electrons. The smallest absolute Gasteiger partial charge is 0.416 e. The summed E-state index contributed by atoms with van der Waals surface area (Å²) in [4.78, 5) is 23.3. The largest absolute Gasteiger partial charge is 0.444 e. The van der Waals surface area contributed by atoms with Crippen LogP contribution in [0.4, 0.5) is 29.3 Å². The number of sulfonamides is 1. The number of alkyl halides is 3. The molecule has 0 bridgehead atoms. The van der Waals surface area contributed by atoms with Gasteiger partial charge in [-0.05, 0) is 43.2 Å². The van der Waals surface area contributed by atoms with Gasteiger partial charge in [0, 0.05) is 35.2 Å². The minimum Gasteiger partial charge on any atom is -0.444 e. The first-order valence-corrected chi connectivity index (χ1v) is 12.2. The molecule has 2 aromatic rings. The zero-order valence-corrected chi connectivity index (χ0v) is 19.7. The molecule has 34 heavy (non-hydrogen) atoms. The number of ether oxygens (including phenoxy) is 1. The van der Waals surface area contributed by atoms with E-state index in [2.05, 4.69) is 15.9 Å². The highest BCUT2D eigenvalue weighted by atomic mass is 79.9. The number of nitro groups is 1. The maximum absolute atomic E-state index is 13.1. The summed E-state index contributed by atoms with van der Waals surface area (Å²) in [5, 5.41) is 11.4. The van der Waals surface area contributed by atoms with Gasteiger partial charge in [-0.3, -0.25) is 15.0 Å². The van der Waals surface area contributed by atoms with E-state index in [9.17, 15) is 36.5 Å². The molecular formula is C20H17BrF3N3O6S. The van der Waals surface area contributed by atoms with Crippen LogP contribution in [0.5, 0.6) is 0 Å². The van der Waals surface area contributed by atoms with Gasteiger partial charge in [0.25, 0.3) is 5.69 Å². The molecule has 4 rings (SSSR count). The first-order chi connectivity index (χ1) is 15.9. The average molecular weight is 564 g/mol. The summed E-state index contributed by atoms with van der Waals surface area (Å²) >= 11 is 3.36. The lowest BCUT2D eigenvalue weighted by atomic mass is 10.0. The molecule has 2 aliphatic heterocycles. The number of hydrogen-bond acceptors (Lipinski definition) is 6. The number of halogens is 4. The van der Waals surface area contributed by atoms with E-state index in [1.165, 1.54) is 4.90 Å². The molecule has 0 unspecified atom stereocenters. The van der Waals surface area contributed by atoms with Gasteiger partial charge in [-0.2, -0.15) is 17.5 Å². The predicted octanol–water partition coefficient (Wildman–Crippen LogP) is 4.69. The molecule has 0 radical (unpaired) electrons. The van der Waals surface area contributed by atoms with E-state index in [1.807, 2.05) is 6.07 Å². The van der Waals surface area contributed by atoms with Gasteiger partial charge in [0.15, 0.2) is 4.90 Å². The van der Waals surface area contributed by atoms with Gasteiger partial charge in [-0.1, -0.05) is 15.9 Å². The number of carbonyl (C=O) groups is 1. The molecule has 1 fully saturated rings. The molecule has 0 aromatic heterocycles. The molecule has 14 heteroatoms. The number of nitrogens with zero attached hydrogens (tertiary/aromatic N) is 3. The fraction of sp³-hybridized carbons (Fsp3) is 0.350. The van der Waals surface area contributed by atoms with Crippen LogP contribution in [0.15, 0.2) is 45.8 Å². The van der Waals surface area contributed by atoms with Gasteiger partial charge in [-0.15, -0.1) is 0 Å². The van der Waals surface area contributed by atoms with Crippen LogP contribution >= 0.6 is 15.9 Å². The zero-order valence-electron chi connectivity index (χ0n) is 17.3. The third kappa shape index (κ3) is 4.49. The number of anilines is 1. The number of piperidine rings is 1. The van der Waals surface area contributed by atoms with Crippen LogP contribution in [0, 0.1) is 10.1 Å². The molecule has 1 amide bonds. The molecule has 0 N–H and O–H groups in total. The number of carbonyl (C=O) groups excluding carboxylic acids is 1. The van der Waals surface area contributed by atoms with Gasteiger partial charge >= 0.3 is 12.3 Å². The Morgan fingerprint density at radius 2 is 1.79 bits per heavy atom. The van der Waals surface area contributed by atoms with Gasteiger partial charge < -0.3 is 4.74 Å². The summed E-state index contributed by atoms with van der Waals surface area (Å²) < 4.78 is 72.1. The van der Waals surface area contributed by atoms with Gasteiger partial charge in [-0.25, -0.2) is 13.2 Å². The van der Waals surface area contributed by atoms with E-state index in [1.54, 1.807) is 12.1 Å². The Balaban J connectivity index is 1.57. The Bertz CT molecular complexity index is 1260. The molecule has 2 aliphatic rings. The molecular weight excluding hydrogens is 547 g/mol. The van der Waals surface area contributed by atoms with E-state index in [4.69, 9.17) is 4.74 Å². The Morgan fingerprint density at radius 3 is 2.41 bits per heavy atom. The average Bonchev–Trinajstić information content (AvgIpc) is 2.78. The van der Waals surface area contributed by atoms with E-state index in [0.29, 0.717) is 17.8 Å². The summed E-state index contributed by atoms with van der Waals surface area (Å²) in [6, 6.07) is 6.30. The summed E-state index contributed by atoms with van der Waals surface area (Å²) in [5.74, 6) is 0. The maximum atomic E-state index is 13.1. The molecule has 0 aliphatic carbocycles. The van der Waals surface area contributed by atoms with Crippen molar-refractivity contribution in [1.29, 1.82) is 0 Å². The van der Waals surface area contributed by atoms with Crippen molar-refractivity contribution in [2.45, 2.75) is 36.6 Å². The van der Waals surface area contributed by atoms with Crippen LogP contribution in [0.3, 0.4) is 0 Å². The second kappa shape index (κ2) is 8.82. The minimum atomic E-state index is -4.86. The quantitative estimate of drug-likeness (QED) is 0.394. The van der Waals surface area contributed by atoms with Crippen molar-refractivity contribution in [3.05, 3.63) is 62.1 Å². The number of cyclic esters (lactones) is 1. The van der Waals surface area contributed by atoms with Crippen molar-refractivity contribution in [1.82, 2.24) is 4.31 Å². The third-order valence-corrected chi connectivity index (χ3v) is 8.18. The lowest BCUT2D eigenvalue weighted by Gasteiger charge is -2.39. The third-order valence-electron chi connectivity index (χ3n) is 5.74. The molecule has 0 saturated carbocycles. The van der Waals surface area contributed by atoms with E-state index >= 15 is 0 Å². The number of rotatable bonds is 4. The second-order valence-corrected chi connectivity index (χ2v) is 10.6. The Morgan fingerprint density at radius 1 is 1.12 bits per heavy atom. The second-order valence-electron chi connectivity index (χ2n) is 7.77. The highest BCUT2D eigenvalue weighted by Gasteiger charge is 2.40. The highest BCUT2D eigenvalue weighted by Crippen LogP contribution is 2.37. The normalized spacial score (nSPS) is 17.9. The highest BCUT2D eigenvalue weighted by molar-refractivity contribution is 9.10. The van der Waals surface area contributed by atoms with E-state index < -0.39 is 43.4 Å². The van der Waals surface area contributed by atoms with Crippen LogP contribution in [0.25, 0.3) is 0 Å². The number of benzene rings is 2. The van der Waals surface area contributed by atoms with E-state index in [0.717, 1.165) is 14.3 Å². The van der Waals surface area contributed by atoms with Gasteiger partial charge in [0.1, 0.15) is 6.61 Å². The van der Waals surface area contributed by atoms with Gasteiger partial charge in [0.05, 0.1) is 16.2 Å². The molecule has 2 heterocycles. The van der Waals surface area contributed by atoms with Crippen LogP contribution in [-0.4, -0.2) is 42.9 Å². The van der Waals surface area contributed by atoms with Crippen molar-refractivity contribution in [3.8, 4) is 0 Å². The Labute approximate surface area is 200 Å². The fourth-order valence-electron chi connectivity index (χ4n) is 4.09. The standard InChI is InChI=1S/C20H17BrF3N3O6S/c21-14-2-3-16-12(9-14)11-33-19(28)26(16)15-5-7-25(8-6-15)34(31,32)18-4-1-13(20(22,23)24)10-17(18)27(29)30/h1-4,9-10,15H,5-8,11H2. The van der Waals surface area contributed by atoms with Crippen molar-refractivity contribution in [3.63, 3.8) is 0 Å². The van der Waals surface area contributed by atoms with Crippen molar-refractivity contribution < 1.29 is 36.0 Å². The number of nitro benzene ring substituents is 1. The maximum Gasteiger partial charge on any atom is 0.416 e. The number of fused-ring (bicyclic) bond motifs is 1. The SMILES string of the molecule is O=C1OCc2cc(Br)ccc2N1C1CCN(S(=O)(=O)c2ccc(C(F)(F)F)cc2[N+](=O)[O-])CC1. The lowest BCUT2D eigenvalue weighted by Crippen LogP contribution is -2.50. The van der Waals surface area contributed by atoms with Crippen molar-refractivity contribution in [2.24, 2.45) is 0 Å².